The molecule has 0 spiro atoms. The highest BCUT2D eigenvalue weighted by atomic mass is 35.5. The lowest BCUT2D eigenvalue weighted by Gasteiger charge is -2.10. The van der Waals surface area contributed by atoms with E-state index in [0.717, 1.165) is 22.0 Å². The Morgan fingerprint density at radius 2 is 1.68 bits per heavy atom. The van der Waals surface area contributed by atoms with Crippen molar-refractivity contribution in [2.75, 3.05) is 0 Å². The molecule has 3 aromatic rings. The first-order valence-electron chi connectivity index (χ1n) is 6.28. The van der Waals surface area contributed by atoms with E-state index in [4.69, 9.17) is 11.6 Å². The summed E-state index contributed by atoms with van der Waals surface area (Å²) in [4.78, 5) is 4.47. The van der Waals surface area contributed by atoms with E-state index >= 15 is 0 Å². The number of pyridine rings is 1. The third-order valence-corrected chi connectivity index (χ3v) is 3.50. The van der Waals surface area contributed by atoms with E-state index in [0.29, 0.717) is 5.15 Å². The zero-order chi connectivity index (χ0) is 13.4. The number of rotatable bonds is 1. The first-order valence-corrected chi connectivity index (χ1v) is 6.66. The molecule has 1 nitrogen and oxygen atoms in total. The average Bonchev–Trinajstić information content (AvgIpc) is 2.40. The molecule has 0 saturated carbocycles. The minimum atomic E-state index is 0.540. The summed E-state index contributed by atoms with van der Waals surface area (Å²) in [5.74, 6) is 0. The first-order chi connectivity index (χ1) is 9.15. The molecular weight excluding hydrogens is 254 g/mol. The van der Waals surface area contributed by atoms with Crippen molar-refractivity contribution in [3.05, 3.63) is 64.8 Å². The quantitative estimate of drug-likeness (QED) is 0.554. The molecule has 0 unspecified atom stereocenters. The lowest BCUT2D eigenvalue weighted by molar-refractivity contribution is 1.34. The van der Waals surface area contributed by atoms with Gasteiger partial charge in [0.25, 0.3) is 0 Å². The Balaban J connectivity index is 2.42. The lowest BCUT2D eigenvalue weighted by atomic mass is 9.98. The van der Waals surface area contributed by atoms with Gasteiger partial charge in [0, 0.05) is 5.39 Å². The molecule has 0 aliphatic heterocycles. The standard InChI is InChI=1S/C17H14ClN/c1-11-8-12(2)17-15(9-11)14(10-16(18)19-17)13-6-4-3-5-7-13/h3-10H,1-2H3. The second-order valence-electron chi connectivity index (χ2n) is 4.84. The summed E-state index contributed by atoms with van der Waals surface area (Å²) in [6, 6.07) is 16.6. The smallest absolute Gasteiger partial charge is 0.130 e. The SMILES string of the molecule is Cc1cc(C)c2nc(Cl)cc(-c3ccccc3)c2c1. The number of fused-ring (bicyclic) bond motifs is 1. The maximum atomic E-state index is 6.17. The molecular formula is C17H14ClN. The van der Waals surface area contributed by atoms with Gasteiger partial charge in [0.15, 0.2) is 0 Å². The molecule has 0 N–H and O–H groups in total. The predicted molar refractivity (Wildman–Crippen MR) is 81.7 cm³/mol. The Bertz CT molecular complexity index is 748. The molecule has 94 valence electrons. The van der Waals surface area contributed by atoms with E-state index in [-0.39, 0.29) is 0 Å². The topological polar surface area (TPSA) is 12.9 Å². The van der Waals surface area contributed by atoms with Crippen LogP contribution in [0.4, 0.5) is 0 Å². The van der Waals surface area contributed by atoms with Gasteiger partial charge in [-0.25, -0.2) is 4.98 Å². The van der Waals surface area contributed by atoms with Crippen LogP contribution in [0.25, 0.3) is 22.0 Å². The van der Waals surface area contributed by atoms with Crippen molar-refractivity contribution < 1.29 is 0 Å². The molecule has 2 heteroatoms. The molecule has 0 aliphatic carbocycles. The van der Waals surface area contributed by atoms with E-state index in [1.165, 1.54) is 11.1 Å². The van der Waals surface area contributed by atoms with E-state index in [9.17, 15) is 0 Å². The maximum Gasteiger partial charge on any atom is 0.130 e. The third-order valence-electron chi connectivity index (χ3n) is 3.30. The largest absolute Gasteiger partial charge is 0.236 e. The van der Waals surface area contributed by atoms with Crippen LogP contribution in [0.15, 0.2) is 48.5 Å². The number of aromatic nitrogens is 1. The van der Waals surface area contributed by atoms with E-state index in [1.807, 2.05) is 24.3 Å². The van der Waals surface area contributed by atoms with Crippen LogP contribution in [0.3, 0.4) is 0 Å². The minimum Gasteiger partial charge on any atom is -0.236 e. The summed E-state index contributed by atoms with van der Waals surface area (Å²) in [5.41, 5.74) is 5.70. The van der Waals surface area contributed by atoms with Crippen LogP contribution >= 0.6 is 11.6 Å². The Morgan fingerprint density at radius 3 is 2.42 bits per heavy atom. The summed E-state index contributed by atoms with van der Waals surface area (Å²) in [5, 5.41) is 1.70. The molecule has 0 bridgehead atoms. The minimum absolute atomic E-state index is 0.540. The fourth-order valence-corrected chi connectivity index (χ4v) is 2.70. The number of hydrogen-bond donors (Lipinski definition) is 0. The zero-order valence-corrected chi connectivity index (χ0v) is 11.7. The van der Waals surface area contributed by atoms with Gasteiger partial charge in [-0.15, -0.1) is 0 Å². The van der Waals surface area contributed by atoms with E-state index in [1.54, 1.807) is 0 Å². The first kappa shape index (κ1) is 12.2. The van der Waals surface area contributed by atoms with Gasteiger partial charge in [0.1, 0.15) is 5.15 Å². The number of nitrogens with zero attached hydrogens (tertiary/aromatic N) is 1. The van der Waals surface area contributed by atoms with Gasteiger partial charge in [-0.3, -0.25) is 0 Å². The van der Waals surface area contributed by atoms with E-state index < -0.39 is 0 Å². The molecule has 0 fully saturated rings. The average molecular weight is 268 g/mol. The summed E-state index contributed by atoms with van der Waals surface area (Å²) in [6.07, 6.45) is 0. The van der Waals surface area contributed by atoms with Gasteiger partial charge in [-0.05, 0) is 42.7 Å². The van der Waals surface area contributed by atoms with E-state index in [2.05, 4.69) is 43.1 Å². The van der Waals surface area contributed by atoms with Gasteiger partial charge in [0.2, 0.25) is 0 Å². The van der Waals surface area contributed by atoms with Gasteiger partial charge < -0.3 is 0 Å². The molecule has 0 saturated heterocycles. The highest BCUT2D eigenvalue weighted by Gasteiger charge is 2.09. The highest BCUT2D eigenvalue weighted by Crippen LogP contribution is 2.32. The number of halogens is 1. The van der Waals surface area contributed by atoms with Crippen molar-refractivity contribution in [2.45, 2.75) is 13.8 Å². The molecule has 1 aromatic heterocycles. The van der Waals surface area contributed by atoms with Crippen molar-refractivity contribution in [1.29, 1.82) is 0 Å². The van der Waals surface area contributed by atoms with Crippen LogP contribution < -0.4 is 0 Å². The number of aryl methyl sites for hydroxylation is 2. The molecule has 19 heavy (non-hydrogen) atoms. The Morgan fingerprint density at radius 1 is 0.947 bits per heavy atom. The van der Waals surface area contributed by atoms with Crippen LogP contribution in [0.2, 0.25) is 5.15 Å². The molecule has 3 rings (SSSR count). The molecule has 0 radical (unpaired) electrons. The molecule has 0 atom stereocenters. The molecule has 0 amide bonds. The fraction of sp³-hybridized carbons (Fsp3) is 0.118. The number of benzene rings is 2. The van der Waals surface area contributed by atoms with Gasteiger partial charge in [-0.2, -0.15) is 0 Å². The number of hydrogen-bond acceptors (Lipinski definition) is 1. The van der Waals surface area contributed by atoms with Crippen molar-refractivity contribution in [2.24, 2.45) is 0 Å². The summed E-state index contributed by atoms with van der Waals surface area (Å²) < 4.78 is 0. The monoisotopic (exact) mass is 267 g/mol. The van der Waals surface area contributed by atoms with Gasteiger partial charge >= 0.3 is 0 Å². The lowest BCUT2D eigenvalue weighted by Crippen LogP contribution is -1.90. The van der Waals surface area contributed by atoms with Crippen LogP contribution in [0.1, 0.15) is 11.1 Å². The molecule has 2 aromatic carbocycles. The van der Waals surface area contributed by atoms with Crippen LogP contribution in [-0.4, -0.2) is 4.98 Å². The summed E-state index contributed by atoms with van der Waals surface area (Å²) in [7, 11) is 0. The van der Waals surface area contributed by atoms with Crippen LogP contribution in [0, 0.1) is 13.8 Å². The Hall–Kier alpha value is -1.86. The van der Waals surface area contributed by atoms with Crippen molar-refractivity contribution in [3.63, 3.8) is 0 Å². The molecule has 0 aliphatic rings. The van der Waals surface area contributed by atoms with Gasteiger partial charge in [0.05, 0.1) is 5.52 Å². The predicted octanol–water partition coefficient (Wildman–Crippen LogP) is 5.17. The van der Waals surface area contributed by atoms with Gasteiger partial charge in [-0.1, -0.05) is 53.6 Å². The van der Waals surface area contributed by atoms with Crippen molar-refractivity contribution in [3.8, 4) is 11.1 Å². The second kappa shape index (κ2) is 4.67. The maximum absolute atomic E-state index is 6.17. The Kier molecular flexibility index (Phi) is 3.00. The highest BCUT2D eigenvalue weighted by molar-refractivity contribution is 6.30. The van der Waals surface area contributed by atoms with Crippen molar-refractivity contribution >= 4 is 22.5 Å². The second-order valence-corrected chi connectivity index (χ2v) is 5.22. The molecule has 1 heterocycles. The summed E-state index contributed by atoms with van der Waals surface area (Å²) >= 11 is 6.17. The normalized spacial score (nSPS) is 10.9. The van der Waals surface area contributed by atoms with Crippen molar-refractivity contribution in [1.82, 2.24) is 4.98 Å². The fourth-order valence-electron chi connectivity index (χ4n) is 2.51. The summed E-state index contributed by atoms with van der Waals surface area (Å²) in [6.45, 7) is 4.18. The third kappa shape index (κ3) is 2.22. The van der Waals surface area contributed by atoms with Crippen LogP contribution in [0.5, 0.6) is 0 Å². The van der Waals surface area contributed by atoms with Crippen LogP contribution in [-0.2, 0) is 0 Å². The zero-order valence-electron chi connectivity index (χ0n) is 10.9. The Labute approximate surface area is 117 Å².